The molecular weight excluding hydrogens is 353 g/mol. The molecule has 4 nitrogen and oxygen atoms in total. The average molecular weight is 371 g/mol. The van der Waals surface area contributed by atoms with Crippen LogP contribution in [-0.2, 0) is 0 Å². The molecule has 1 aliphatic rings. The summed E-state index contributed by atoms with van der Waals surface area (Å²) in [6, 6.07) is 2.23. The van der Waals surface area contributed by atoms with E-state index in [0.717, 1.165) is 30.4 Å². The Morgan fingerprint density at radius 1 is 1.47 bits per heavy atom. The van der Waals surface area contributed by atoms with Gasteiger partial charge in [0.25, 0.3) is 5.91 Å². The topological polar surface area (TPSA) is 45.2 Å². The maximum Gasteiger partial charge on any atom is 0.255 e. The molecule has 1 atom stereocenters. The molecule has 1 aliphatic heterocycles. The van der Waals surface area contributed by atoms with Gasteiger partial charge in [0.1, 0.15) is 0 Å². The fourth-order valence-electron chi connectivity index (χ4n) is 2.11. The molecule has 0 spiro atoms. The molecule has 0 radical (unpaired) electrons. The number of hydrogen-bond acceptors (Lipinski definition) is 3. The average Bonchev–Trinajstić information content (AvgIpc) is 2.38. The van der Waals surface area contributed by atoms with Crippen LogP contribution in [0.3, 0.4) is 0 Å². The van der Waals surface area contributed by atoms with E-state index in [1.165, 1.54) is 0 Å². The number of piperidine rings is 1. The number of aromatic nitrogens is 1. The molecule has 1 fully saturated rings. The van der Waals surface area contributed by atoms with Gasteiger partial charge < -0.3 is 10.2 Å². The summed E-state index contributed by atoms with van der Waals surface area (Å²) in [5.74, 6) is 0.0683. The van der Waals surface area contributed by atoms with Gasteiger partial charge in [0.05, 0.1) is 5.56 Å². The lowest BCUT2D eigenvalue weighted by Crippen LogP contribution is -2.46. The van der Waals surface area contributed by atoms with Crippen molar-refractivity contribution in [2.75, 3.05) is 20.1 Å². The fourth-order valence-corrected chi connectivity index (χ4v) is 2.47. The zero-order valence-corrected chi connectivity index (χ0v) is 13.9. The largest absolute Gasteiger partial charge is 0.337 e. The lowest BCUT2D eigenvalue weighted by atomic mass is 10.1. The third-order valence-electron chi connectivity index (χ3n) is 3.07. The van der Waals surface area contributed by atoms with Gasteiger partial charge in [-0.1, -0.05) is 0 Å². The summed E-state index contributed by atoms with van der Waals surface area (Å²) < 4.78 is 0.838. The summed E-state index contributed by atoms with van der Waals surface area (Å²) in [7, 11) is 1.94. The Morgan fingerprint density at radius 3 is 2.84 bits per heavy atom. The maximum absolute atomic E-state index is 12.3. The van der Waals surface area contributed by atoms with Crippen molar-refractivity contribution in [2.45, 2.75) is 18.9 Å². The molecular formula is C12H18BrCl2N3O. The minimum Gasteiger partial charge on any atom is -0.337 e. The van der Waals surface area contributed by atoms with E-state index in [2.05, 4.69) is 26.2 Å². The van der Waals surface area contributed by atoms with Crippen molar-refractivity contribution >= 4 is 46.7 Å². The Bertz CT molecular complexity index is 420. The number of hydrogen-bond donors (Lipinski definition) is 1. The van der Waals surface area contributed by atoms with E-state index in [-0.39, 0.29) is 30.7 Å². The van der Waals surface area contributed by atoms with Gasteiger partial charge in [-0.15, -0.1) is 24.8 Å². The van der Waals surface area contributed by atoms with Gasteiger partial charge in [-0.05, 0) is 41.9 Å². The van der Waals surface area contributed by atoms with E-state index in [0.29, 0.717) is 11.6 Å². The summed E-state index contributed by atoms with van der Waals surface area (Å²) in [5, 5.41) is 3.23. The van der Waals surface area contributed by atoms with Crippen LogP contribution >= 0.6 is 40.7 Å². The van der Waals surface area contributed by atoms with E-state index in [9.17, 15) is 4.79 Å². The molecule has 1 saturated heterocycles. The minimum atomic E-state index is 0. The number of carbonyl (C=O) groups excluding carboxylic acids is 1. The molecule has 7 heteroatoms. The van der Waals surface area contributed by atoms with E-state index in [4.69, 9.17) is 0 Å². The van der Waals surface area contributed by atoms with Crippen LogP contribution in [0.15, 0.2) is 22.9 Å². The lowest BCUT2D eigenvalue weighted by Gasteiger charge is -2.32. The number of likely N-dealkylation sites (N-methyl/N-ethyl adjacent to an activating group) is 1. The second kappa shape index (κ2) is 8.74. The van der Waals surface area contributed by atoms with Crippen molar-refractivity contribution in [2.24, 2.45) is 0 Å². The number of carbonyl (C=O) groups is 1. The molecule has 0 aliphatic carbocycles. The molecule has 0 bridgehead atoms. The quantitative estimate of drug-likeness (QED) is 0.869. The zero-order chi connectivity index (χ0) is 12.3. The number of amides is 1. The molecule has 108 valence electrons. The first-order valence-electron chi connectivity index (χ1n) is 5.78. The Morgan fingerprint density at radius 2 is 2.21 bits per heavy atom. The predicted octanol–water partition coefficient (Wildman–Crippen LogP) is 2.51. The van der Waals surface area contributed by atoms with E-state index >= 15 is 0 Å². The SMILES string of the molecule is CNC1CCCN(C(=O)c2cncc(Br)c2)C1.Cl.Cl. The van der Waals surface area contributed by atoms with E-state index in [1.54, 1.807) is 12.4 Å². The molecule has 0 saturated carbocycles. The maximum atomic E-state index is 12.3. The first-order valence-corrected chi connectivity index (χ1v) is 6.57. The summed E-state index contributed by atoms with van der Waals surface area (Å²) in [6.45, 7) is 1.62. The molecule has 1 amide bonds. The van der Waals surface area contributed by atoms with Gasteiger partial charge in [0, 0.05) is 36.0 Å². The number of nitrogens with one attached hydrogen (secondary N) is 1. The second-order valence-electron chi connectivity index (χ2n) is 4.27. The molecule has 1 N–H and O–H groups in total. The molecule has 19 heavy (non-hydrogen) atoms. The van der Waals surface area contributed by atoms with Crippen LogP contribution in [0.5, 0.6) is 0 Å². The molecule has 0 aromatic carbocycles. The van der Waals surface area contributed by atoms with Gasteiger partial charge >= 0.3 is 0 Å². The Kier molecular flexibility index (Phi) is 8.57. The number of rotatable bonds is 2. The summed E-state index contributed by atoms with van der Waals surface area (Å²) >= 11 is 3.33. The fraction of sp³-hybridized carbons (Fsp3) is 0.500. The molecule has 2 heterocycles. The molecule has 1 aromatic rings. The lowest BCUT2D eigenvalue weighted by molar-refractivity contribution is 0.0697. The smallest absolute Gasteiger partial charge is 0.255 e. The normalized spacial score (nSPS) is 18.2. The summed E-state index contributed by atoms with van der Waals surface area (Å²) in [4.78, 5) is 18.2. The highest BCUT2D eigenvalue weighted by Gasteiger charge is 2.23. The van der Waals surface area contributed by atoms with Gasteiger partial charge in [-0.3, -0.25) is 9.78 Å². The van der Waals surface area contributed by atoms with Crippen molar-refractivity contribution in [1.29, 1.82) is 0 Å². The summed E-state index contributed by atoms with van der Waals surface area (Å²) in [6.07, 6.45) is 5.50. The Hall–Kier alpha value is -0.360. The van der Waals surface area contributed by atoms with Gasteiger partial charge in [-0.25, -0.2) is 0 Å². The predicted molar refractivity (Wildman–Crippen MR) is 84.4 cm³/mol. The van der Waals surface area contributed by atoms with Crippen LogP contribution < -0.4 is 5.32 Å². The Labute approximate surface area is 134 Å². The van der Waals surface area contributed by atoms with Crippen molar-refractivity contribution in [1.82, 2.24) is 15.2 Å². The molecule has 1 unspecified atom stereocenters. The monoisotopic (exact) mass is 369 g/mol. The van der Waals surface area contributed by atoms with Crippen LogP contribution in [0, 0.1) is 0 Å². The standard InChI is InChI=1S/C12H16BrN3O.2ClH/c1-14-11-3-2-4-16(8-11)12(17)9-5-10(13)7-15-6-9;;/h5-7,11,14H,2-4,8H2,1H3;2*1H. The van der Waals surface area contributed by atoms with Crippen LogP contribution in [0.25, 0.3) is 0 Å². The Balaban J connectivity index is 0.00000162. The number of nitrogens with zero attached hydrogens (tertiary/aromatic N) is 2. The minimum absolute atomic E-state index is 0. The number of pyridine rings is 1. The van der Waals surface area contributed by atoms with Gasteiger partial charge in [0.15, 0.2) is 0 Å². The van der Waals surface area contributed by atoms with Crippen molar-refractivity contribution in [3.05, 3.63) is 28.5 Å². The first kappa shape index (κ1) is 18.6. The van der Waals surface area contributed by atoms with Crippen molar-refractivity contribution in [3.63, 3.8) is 0 Å². The van der Waals surface area contributed by atoms with E-state index < -0.39 is 0 Å². The highest BCUT2D eigenvalue weighted by atomic mass is 79.9. The first-order chi connectivity index (χ1) is 8.20. The summed E-state index contributed by atoms with van der Waals surface area (Å²) in [5.41, 5.74) is 0.649. The van der Waals surface area contributed by atoms with Crippen LogP contribution in [-0.4, -0.2) is 42.0 Å². The van der Waals surface area contributed by atoms with Crippen LogP contribution in [0.2, 0.25) is 0 Å². The van der Waals surface area contributed by atoms with Crippen LogP contribution in [0.1, 0.15) is 23.2 Å². The third kappa shape index (κ3) is 4.91. The number of likely N-dealkylation sites (tertiary alicyclic amines) is 1. The van der Waals surface area contributed by atoms with Crippen molar-refractivity contribution in [3.8, 4) is 0 Å². The van der Waals surface area contributed by atoms with Gasteiger partial charge in [-0.2, -0.15) is 0 Å². The highest BCUT2D eigenvalue weighted by molar-refractivity contribution is 9.10. The number of halogens is 3. The third-order valence-corrected chi connectivity index (χ3v) is 3.50. The second-order valence-corrected chi connectivity index (χ2v) is 5.19. The van der Waals surface area contributed by atoms with Gasteiger partial charge in [0.2, 0.25) is 0 Å². The van der Waals surface area contributed by atoms with Crippen LogP contribution in [0.4, 0.5) is 0 Å². The zero-order valence-electron chi connectivity index (χ0n) is 10.6. The molecule has 2 rings (SSSR count). The molecule has 1 aromatic heterocycles. The van der Waals surface area contributed by atoms with Crippen molar-refractivity contribution < 1.29 is 4.79 Å². The highest BCUT2D eigenvalue weighted by Crippen LogP contribution is 2.15. The van der Waals surface area contributed by atoms with E-state index in [1.807, 2.05) is 18.0 Å².